The van der Waals surface area contributed by atoms with Crippen molar-refractivity contribution in [2.24, 2.45) is 0 Å². The highest BCUT2D eigenvalue weighted by atomic mass is 16.5. The van der Waals surface area contributed by atoms with Gasteiger partial charge in [-0.05, 0) is 25.5 Å². The summed E-state index contributed by atoms with van der Waals surface area (Å²) < 4.78 is 5.50. The van der Waals surface area contributed by atoms with Crippen molar-refractivity contribution >= 4 is 0 Å². The van der Waals surface area contributed by atoms with Gasteiger partial charge in [-0.2, -0.15) is 0 Å². The lowest BCUT2D eigenvalue weighted by Crippen LogP contribution is -2.31. The summed E-state index contributed by atoms with van der Waals surface area (Å²) >= 11 is 0. The highest BCUT2D eigenvalue weighted by Crippen LogP contribution is 2.15. The lowest BCUT2D eigenvalue weighted by molar-refractivity contribution is 0.213. The van der Waals surface area contributed by atoms with E-state index in [4.69, 9.17) is 4.74 Å². The first-order valence-electron chi connectivity index (χ1n) is 4.94. The van der Waals surface area contributed by atoms with E-state index in [-0.39, 0.29) is 0 Å². The van der Waals surface area contributed by atoms with Crippen LogP contribution in [0.3, 0.4) is 0 Å². The maximum absolute atomic E-state index is 5.50. The Morgan fingerprint density at radius 3 is 2.92 bits per heavy atom. The summed E-state index contributed by atoms with van der Waals surface area (Å²) in [5.41, 5.74) is 0. The molecule has 1 atom stereocenters. The Morgan fingerprint density at radius 2 is 2.42 bits per heavy atom. The molecule has 0 aromatic heterocycles. The van der Waals surface area contributed by atoms with Crippen molar-refractivity contribution in [3.05, 3.63) is 11.8 Å². The van der Waals surface area contributed by atoms with Gasteiger partial charge in [0.15, 0.2) is 0 Å². The van der Waals surface area contributed by atoms with Crippen molar-refractivity contribution in [3.63, 3.8) is 0 Å². The van der Waals surface area contributed by atoms with Crippen molar-refractivity contribution in [2.75, 3.05) is 13.2 Å². The van der Waals surface area contributed by atoms with Crippen molar-refractivity contribution in [2.45, 2.75) is 39.2 Å². The van der Waals surface area contributed by atoms with E-state index in [0.717, 1.165) is 31.8 Å². The van der Waals surface area contributed by atoms with Crippen LogP contribution in [0.5, 0.6) is 0 Å². The molecular formula is C10H19NO. The van der Waals surface area contributed by atoms with Gasteiger partial charge in [0.2, 0.25) is 0 Å². The topological polar surface area (TPSA) is 21.3 Å². The van der Waals surface area contributed by atoms with Gasteiger partial charge < -0.3 is 10.1 Å². The van der Waals surface area contributed by atoms with Crippen LogP contribution in [-0.4, -0.2) is 19.2 Å². The first-order valence-corrected chi connectivity index (χ1v) is 4.94. The fourth-order valence-electron chi connectivity index (χ4n) is 1.44. The van der Waals surface area contributed by atoms with Crippen molar-refractivity contribution in [1.29, 1.82) is 0 Å². The maximum atomic E-state index is 5.50. The zero-order valence-electron chi connectivity index (χ0n) is 8.10. The average Bonchev–Trinajstić information content (AvgIpc) is 2.59. The molecule has 2 nitrogen and oxygen atoms in total. The molecule has 0 radical (unpaired) electrons. The summed E-state index contributed by atoms with van der Waals surface area (Å²) in [5, 5.41) is 3.47. The molecule has 1 N–H and O–H groups in total. The maximum Gasteiger partial charge on any atom is 0.109 e. The Kier molecular flexibility index (Phi) is 4.15. The smallest absolute Gasteiger partial charge is 0.109 e. The summed E-state index contributed by atoms with van der Waals surface area (Å²) in [4.78, 5) is 0. The van der Waals surface area contributed by atoms with Crippen LogP contribution < -0.4 is 5.32 Å². The van der Waals surface area contributed by atoms with Crippen LogP contribution in [0.15, 0.2) is 11.8 Å². The monoisotopic (exact) mass is 169 g/mol. The second-order valence-corrected chi connectivity index (χ2v) is 3.16. The van der Waals surface area contributed by atoms with E-state index < -0.39 is 0 Å². The largest absolute Gasteiger partial charge is 0.496 e. The molecule has 1 unspecified atom stereocenters. The summed E-state index contributed by atoms with van der Waals surface area (Å²) in [6.07, 6.45) is 5.59. The van der Waals surface area contributed by atoms with Crippen LogP contribution in [0.25, 0.3) is 0 Å². The first kappa shape index (κ1) is 9.59. The molecule has 0 bridgehead atoms. The SMILES string of the molecule is CCCNC(CC)C1=CCCO1. The molecule has 1 rings (SSSR count). The fraction of sp³-hybridized carbons (Fsp3) is 0.800. The molecule has 70 valence electrons. The van der Waals surface area contributed by atoms with E-state index in [9.17, 15) is 0 Å². The number of ether oxygens (including phenoxy) is 1. The average molecular weight is 169 g/mol. The van der Waals surface area contributed by atoms with E-state index in [2.05, 4.69) is 25.2 Å². The van der Waals surface area contributed by atoms with Crippen LogP contribution in [0.4, 0.5) is 0 Å². The van der Waals surface area contributed by atoms with E-state index in [1.807, 2.05) is 0 Å². The Morgan fingerprint density at radius 1 is 1.58 bits per heavy atom. The third kappa shape index (κ3) is 2.52. The molecule has 0 spiro atoms. The highest BCUT2D eigenvalue weighted by Gasteiger charge is 2.15. The van der Waals surface area contributed by atoms with Gasteiger partial charge in [-0.25, -0.2) is 0 Å². The fourth-order valence-corrected chi connectivity index (χ4v) is 1.44. The minimum atomic E-state index is 0.451. The van der Waals surface area contributed by atoms with Gasteiger partial charge in [0.25, 0.3) is 0 Å². The first-order chi connectivity index (χ1) is 5.88. The van der Waals surface area contributed by atoms with Crippen molar-refractivity contribution in [3.8, 4) is 0 Å². The van der Waals surface area contributed by atoms with Crippen LogP contribution in [-0.2, 0) is 4.74 Å². The standard InChI is InChI=1S/C10H19NO/c1-3-7-11-9(4-2)10-6-5-8-12-10/h6,9,11H,3-5,7-8H2,1-2H3. The third-order valence-electron chi connectivity index (χ3n) is 2.12. The van der Waals surface area contributed by atoms with Crippen LogP contribution in [0.1, 0.15) is 33.1 Å². The summed E-state index contributed by atoms with van der Waals surface area (Å²) in [7, 11) is 0. The molecule has 0 saturated carbocycles. The molecule has 1 aliphatic rings. The van der Waals surface area contributed by atoms with Crippen LogP contribution >= 0.6 is 0 Å². The van der Waals surface area contributed by atoms with Crippen molar-refractivity contribution < 1.29 is 4.74 Å². The van der Waals surface area contributed by atoms with Crippen LogP contribution in [0, 0.1) is 0 Å². The van der Waals surface area contributed by atoms with E-state index >= 15 is 0 Å². The predicted molar refractivity (Wildman–Crippen MR) is 51.0 cm³/mol. The van der Waals surface area contributed by atoms with Gasteiger partial charge in [-0.15, -0.1) is 0 Å². The van der Waals surface area contributed by atoms with Gasteiger partial charge in [0.1, 0.15) is 5.76 Å². The van der Waals surface area contributed by atoms with Crippen LogP contribution in [0.2, 0.25) is 0 Å². The van der Waals surface area contributed by atoms with Gasteiger partial charge in [0, 0.05) is 6.42 Å². The van der Waals surface area contributed by atoms with Gasteiger partial charge in [0.05, 0.1) is 12.6 Å². The second kappa shape index (κ2) is 5.20. The number of hydrogen-bond acceptors (Lipinski definition) is 2. The molecule has 0 aromatic carbocycles. The summed E-state index contributed by atoms with van der Waals surface area (Å²) in [5.74, 6) is 1.16. The zero-order valence-corrected chi connectivity index (χ0v) is 8.10. The highest BCUT2D eigenvalue weighted by molar-refractivity contribution is 5.06. The van der Waals surface area contributed by atoms with Gasteiger partial charge in [-0.3, -0.25) is 0 Å². The molecule has 1 aliphatic heterocycles. The number of nitrogens with one attached hydrogen (secondary N) is 1. The summed E-state index contributed by atoms with van der Waals surface area (Å²) in [6, 6.07) is 0.451. The lowest BCUT2D eigenvalue weighted by atomic mass is 10.1. The number of hydrogen-bond donors (Lipinski definition) is 1. The Balaban J connectivity index is 2.33. The Bertz CT molecular complexity index is 154. The summed E-state index contributed by atoms with van der Waals surface area (Å²) in [6.45, 7) is 6.33. The van der Waals surface area contributed by atoms with Gasteiger partial charge in [-0.1, -0.05) is 13.8 Å². The Labute approximate surface area is 75.0 Å². The van der Waals surface area contributed by atoms with E-state index in [1.54, 1.807) is 0 Å². The normalized spacial score (nSPS) is 18.7. The lowest BCUT2D eigenvalue weighted by Gasteiger charge is -2.17. The molecule has 0 aliphatic carbocycles. The minimum absolute atomic E-state index is 0.451. The quantitative estimate of drug-likeness (QED) is 0.680. The molecule has 0 aromatic rings. The molecule has 0 fully saturated rings. The predicted octanol–water partition coefficient (Wildman–Crippen LogP) is 2.07. The molecule has 0 saturated heterocycles. The number of rotatable bonds is 5. The molecule has 1 heterocycles. The van der Waals surface area contributed by atoms with E-state index in [1.165, 1.54) is 6.42 Å². The molecule has 2 heteroatoms. The van der Waals surface area contributed by atoms with E-state index in [0.29, 0.717) is 6.04 Å². The Hall–Kier alpha value is -0.500. The third-order valence-corrected chi connectivity index (χ3v) is 2.12. The van der Waals surface area contributed by atoms with Crippen molar-refractivity contribution in [1.82, 2.24) is 5.32 Å². The molecule has 12 heavy (non-hydrogen) atoms. The zero-order chi connectivity index (χ0) is 8.81. The van der Waals surface area contributed by atoms with Gasteiger partial charge >= 0.3 is 0 Å². The molecular weight excluding hydrogens is 150 g/mol. The molecule has 0 amide bonds. The minimum Gasteiger partial charge on any atom is -0.496 e. The second-order valence-electron chi connectivity index (χ2n) is 3.16.